The van der Waals surface area contributed by atoms with Crippen LogP contribution in [0, 0.1) is 5.82 Å². The Balaban J connectivity index is 1.26. The molecule has 1 unspecified atom stereocenters. The third-order valence-electron chi connectivity index (χ3n) is 5.27. The Hall–Kier alpha value is -2.96. The topological polar surface area (TPSA) is 54.9 Å². The fourth-order valence-electron chi connectivity index (χ4n) is 3.80. The van der Waals surface area contributed by atoms with Gasteiger partial charge in [-0.05, 0) is 41.5 Å². The van der Waals surface area contributed by atoms with E-state index in [9.17, 15) is 4.39 Å². The van der Waals surface area contributed by atoms with Crippen LogP contribution >= 0.6 is 0 Å². The lowest BCUT2D eigenvalue weighted by molar-refractivity contribution is 0.00327. The lowest BCUT2D eigenvalue weighted by atomic mass is 10.1. The molecule has 6 heteroatoms. The molecule has 3 heterocycles. The van der Waals surface area contributed by atoms with E-state index in [4.69, 9.17) is 4.74 Å². The molecule has 2 aromatic heterocycles. The minimum absolute atomic E-state index is 0.0612. The van der Waals surface area contributed by atoms with Crippen LogP contribution in [0.3, 0.4) is 0 Å². The van der Waals surface area contributed by atoms with E-state index in [1.165, 1.54) is 23.1 Å². The highest BCUT2D eigenvalue weighted by atomic mass is 19.1. The minimum Gasteiger partial charge on any atom is -0.367 e. The van der Waals surface area contributed by atoms with Gasteiger partial charge in [0.05, 0.1) is 24.5 Å². The number of nitrogens with one attached hydrogen (secondary N) is 2. The molecule has 0 saturated carbocycles. The van der Waals surface area contributed by atoms with E-state index < -0.39 is 0 Å². The molecule has 1 aliphatic heterocycles. The summed E-state index contributed by atoms with van der Waals surface area (Å²) in [5.41, 5.74) is 4.37. The van der Waals surface area contributed by atoms with Crippen molar-refractivity contribution in [3.05, 3.63) is 78.1 Å². The summed E-state index contributed by atoms with van der Waals surface area (Å²) in [6, 6.07) is 14.9. The van der Waals surface area contributed by atoms with Crippen LogP contribution in [0.25, 0.3) is 22.2 Å². The largest absolute Gasteiger partial charge is 0.367 e. The third kappa shape index (κ3) is 3.21. The molecule has 2 aromatic carbocycles. The van der Waals surface area contributed by atoms with Gasteiger partial charge in [0.1, 0.15) is 18.2 Å². The Morgan fingerprint density at radius 3 is 2.93 bits per heavy atom. The fraction of sp³-hybridized carbons (Fsp3) is 0.227. The highest BCUT2D eigenvalue weighted by Gasteiger charge is 2.22. The summed E-state index contributed by atoms with van der Waals surface area (Å²) in [6.45, 7) is 2.75. The molecule has 28 heavy (non-hydrogen) atoms. The number of imidazole rings is 1. The number of fused-ring (bicyclic) bond motifs is 2. The molecule has 2 N–H and O–H groups in total. The Morgan fingerprint density at radius 1 is 1.18 bits per heavy atom. The Kier molecular flexibility index (Phi) is 4.43. The number of hydrogen-bond donors (Lipinski definition) is 2. The number of para-hydroxylation sites is 1. The number of hydrogen-bond acceptors (Lipinski definition) is 3. The van der Waals surface area contributed by atoms with Gasteiger partial charge in [-0.1, -0.05) is 18.2 Å². The quantitative estimate of drug-likeness (QED) is 0.556. The SMILES string of the molecule is Fc1ccc(-c2cnc3n2CC(CNCc2c[nH]c4ccccc24)OC3)cc1. The van der Waals surface area contributed by atoms with E-state index >= 15 is 0 Å². The van der Waals surface area contributed by atoms with E-state index in [0.717, 1.165) is 42.2 Å². The van der Waals surface area contributed by atoms with E-state index in [0.29, 0.717) is 6.61 Å². The van der Waals surface area contributed by atoms with Crippen LogP contribution < -0.4 is 5.32 Å². The molecular weight excluding hydrogens is 355 g/mol. The number of H-pyrrole nitrogens is 1. The first kappa shape index (κ1) is 17.2. The maximum atomic E-state index is 13.2. The summed E-state index contributed by atoms with van der Waals surface area (Å²) in [6.07, 6.45) is 3.96. The summed E-state index contributed by atoms with van der Waals surface area (Å²) >= 11 is 0. The van der Waals surface area contributed by atoms with Gasteiger partial charge in [0.25, 0.3) is 0 Å². The maximum Gasteiger partial charge on any atom is 0.135 e. The molecule has 4 aromatic rings. The van der Waals surface area contributed by atoms with Crippen LogP contribution in [0.4, 0.5) is 4.39 Å². The molecule has 1 aliphatic rings. The monoisotopic (exact) mass is 376 g/mol. The Bertz CT molecular complexity index is 1100. The highest BCUT2D eigenvalue weighted by molar-refractivity contribution is 5.82. The zero-order chi connectivity index (χ0) is 18.9. The van der Waals surface area contributed by atoms with Gasteiger partial charge in [-0.25, -0.2) is 9.37 Å². The second kappa shape index (κ2) is 7.22. The first-order chi connectivity index (χ1) is 13.8. The molecule has 0 amide bonds. The zero-order valence-electron chi connectivity index (χ0n) is 15.4. The van der Waals surface area contributed by atoms with Crippen molar-refractivity contribution in [3.8, 4) is 11.3 Å². The van der Waals surface area contributed by atoms with Gasteiger partial charge in [0.2, 0.25) is 0 Å². The first-order valence-electron chi connectivity index (χ1n) is 9.45. The van der Waals surface area contributed by atoms with Crippen LogP contribution in [0.5, 0.6) is 0 Å². The van der Waals surface area contributed by atoms with Crippen LogP contribution in [0.15, 0.2) is 60.9 Å². The molecule has 0 saturated heterocycles. The predicted octanol–water partition coefficient (Wildman–Crippen LogP) is 3.86. The van der Waals surface area contributed by atoms with Crippen LogP contribution in [-0.4, -0.2) is 27.2 Å². The van der Waals surface area contributed by atoms with Crippen molar-refractivity contribution in [2.45, 2.75) is 25.8 Å². The molecule has 0 spiro atoms. The van der Waals surface area contributed by atoms with E-state index in [1.807, 2.05) is 12.3 Å². The molecule has 5 rings (SSSR count). The van der Waals surface area contributed by atoms with Crippen molar-refractivity contribution >= 4 is 10.9 Å². The van der Waals surface area contributed by atoms with Gasteiger partial charge in [-0.2, -0.15) is 0 Å². The van der Waals surface area contributed by atoms with Gasteiger partial charge >= 0.3 is 0 Å². The molecular formula is C22H21FN4O. The van der Waals surface area contributed by atoms with Gasteiger partial charge in [0, 0.05) is 30.2 Å². The number of nitrogens with zero attached hydrogens (tertiary/aromatic N) is 2. The van der Waals surface area contributed by atoms with Crippen LogP contribution in [0.2, 0.25) is 0 Å². The van der Waals surface area contributed by atoms with Gasteiger partial charge < -0.3 is 19.6 Å². The molecule has 0 aliphatic carbocycles. The zero-order valence-corrected chi connectivity index (χ0v) is 15.4. The van der Waals surface area contributed by atoms with Crippen molar-refractivity contribution in [2.24, 2.45) is 0 Å². The predicted molar refractivity (Wildman–Crippen MR) is 106 cm³/mol. The molecule has 142 valence electrons. The number of benzene rings is 2. The normalized spacial score (nSPS) is 16.4. The Labute approximate surface area is 162 Å². The number of rotatable bonds is 5. The minimum atomic E-state index is -0.232. The molecule has 0 fully saturated rings. The average Bonchev–Trinajstić information content (AvgIpc) is 3.33. The van der Waals surface area contributed by atoms with Crippen molar-refractivity contribution in [3.63, 3.8) is 0 Å². The Morgan fingerprint density at radius 2 is 2.04 bits per heavy atom. The second-order valence-electron chi connectivity index (χ2n) is 7.10. The number of aromatic amines is 1. The second-order valence-corrected chi connectivity index (χ2v) is 7.10. The summed E-state index contributed by atoms with van der Waals surface area (Å²) < 4.78 is 21.4. The van der Waals surface area contributed by atoms with Gasteiger partial charge in [-0.15, -0.1) is 0 Å². The summed E-state index contributed by atoms with van der Waals surface area (Å²) in [7, 11) is 0. The number of ether oxygens (including phenoxy) is 1. The summed E-state index contributed by atoms with van der Waals surface area (Å²) in [5.74, 6) is 0.678. The van der Waals surface area contributed by atoms with Crippen molar-refractivity contribution < 1.29 is 9.13 Å². The summed E-state index contributed by atoms with van der Waals surface area (Å²) in [4.78, 5) is 7.77. The number of halogens is 1. The molecule has 0 bridgehead atoms. The smallest absolute Gasteiger partial charge is 0.135 e. The maximum absolute atomic E-state index is 13.2. The van der Waals surface area contributed by atoms with Gasteiger partial charge in [-0.3, -0.25) is 0 Å². The van der Waals surface area contributed by atoms with Gasteiger partial charge in [0.15, 0.2) is 0 Å². The van der Waals surface area contributed by atoms with E-state index in [-0.39, 0.29) is 11.9 Å². The van der Waals surface area contributed by atoms with Crippen LogP contribution in [-0.2, 0) is 24.4 Å². The lowest BCUT2D eigenvalue weighted by Crippen LogP contribution is -2.36. The molecule has 1 atom stereocenters. The van der Waals surface area contributed by atoms with Crippen molar-refractivity contribution in [2.75, 3.05) is 6.54 Å². The molecule has 0 radical (unpaired) electrons. The van der Waals surface area contributed by atoms with Crippen molar-refractivity contribution in [1.82, 2.24) is 19.9 Å². The van der Waals surface area contributed by atoms with Crippen molar-refractivity contribution in [1.29, 1.82) is 0 Å². The average molecular weight is 376 g/mol. The fourth-order valence-corrected chi connectivity index (χ4v) is 3.80. The first-order valence-corrected chi connectivity index (χ1v) is 9.45. The standard InChI is InChI=1S/C22H21FN4O/c23-17-7-5-15(6-8-17)21-12-26-22-14-28-18(13-27(21)22)11-24-9-16-10-25-20-4-2-1-3-19(16)20/h1-8,10,12,18,24-25H,9,11,13-14H2. The highest BCUT2D eigenvalue weighted by Crippen LogP contribution is 2.25. The lowest BCUT2D eigenvalue weighted by Gasteiger charge is -2.26. The molecule has 5 nitrogen and oxygen atoms in total. The number of aromatic nitrogens is 3. The van der Waals surface area contributed by atoms with Crippen LogP contribution in [0.1, 0.15) is 11.4 Å². The van der Waals surface area contributed by atoms with E-state index in [1.54, 1.807) is 12.1 Å². The van der Waals surface area contributed by atoms with E-state index in [2.05, 4.69) is 44.2 Å². The third-order valence-corrected chi connectivity index (χ3v) is 5.27. The summed E-state index contributed by atoms with van der Waals surface area (Å²) in [5, 5.41) is 4.76.